The van der Waals surface area contributed by atoms with Crippen LogP contribution in [0.3, 0.4) is 0 Å². The highest BCUT2D eigenvalue weighted by Gasteiger charge is 2.28. The largest absolute Gasteiger partial charge is 0.243 e. The van der Waals surface area contributed by atoms with E-state index >= 15 is 0 Å². The third-order valence-corrected chi connectivity index (χ3v) is 8.64. The molecule has 4 aromatic rings. The number of hydrogen-bond donors (Lipinski definition) is 0. The second kappa shape index (κ2) is 11.1. The molecule has 4 rings (SSSR count). The number of aryl methyl sites for hydroxylation is 3. The molecule has 0 unspecified atom stereocenters. The Balaban J connectivity index is 1.67. The molecule has 3 nitrogen and oxygen atoms in total. The van der Waals surface area contributed by atoms with Gasteiger partial charge in [0.1, 0.15) is 11.6 Å². The van der Waals surface area contributed by atoms with Gasteiger partial charge >= 0.3 is 0 Å². The Morgan fingerprint density at radius 1 is 0.757 bits per heavy atom. The van der Waals surface area contributed by atoms with Gasteiger partial charge in [-0.15, -0.1) is 0 Å². The van der Waals surface area contributed by atoms with Gasteiger partial charge in [0.15, 0.2) is 0 Å². The van der Waals surface area contributed by atoms with E-state index in [1.54, 1.807) is 30.3 Å². The first-order chi connectivity index (χ1) is 17.5. The third-order valence-electron chi connectivity index (χ3n) is 6.25. The summed E-state index contributed by atoms with van der Waals surface area (Å²) in [4.78, 5) is 0.316. The van der Waals surface area contributed by atoms with Gasteiger partial charge in [-0.25, -0.2) is 17.2 Å². The van der Waals surface area contributed by atoms with Gasteiger partial charge in [0.25, 0.3) is 0 Å². The highest BCUT2D eigenvalue weighted by Crippen LogP contribution is 2.28. The van der Waals surface area contributed by atoms with Crippen LogP contribution in [0, 0.1) is 32.4 Å². The number of halogens is 3. The van der Waals surface area contributed by atoms with E-state index < -0.39 is 21.7 Å². The molecule has 0 amide bonds. The summed E-state index contributed by atoms with van der Waals surface area (Å²) >= 11 is 6.14. The fourth-order valence-corrected chi connectivity index (χ4v) is 6.71. The quantitative estimate of drug-likeness (QED) is 0.231. The van der Waals surface area contributed by atoms with E-state index in [0.717, 1.165) is 22.8 Å². The second-order valence-corrected chi connectivity index (χ2v) is 11.6. The molecule has 0 aliphatic heterocycles. The number of benzene rings is 4. The van der Waals surface area contributed by atoms with Gasteiger partial charge < -0.3 is 0 Å². The summed E-state index contributed by atoms with van der Waals surface area (Å²) in [7, 11) is -3.83. The van der Waals surface area contributed by atoms with Crippen molar-refractivity contribution in [2.24, 2.45) is 0 Å². The van der Waals surface area contributed by atoms with Crippen LogP contribution in [-0.4, -0.2) is 19.3 Å². The van der Waals surface area contributed by atoms with Crippen molar-refractivity contribution in [2.45, 2.75) is 38.6 Å². The maximum absolute atomic E-state index is 14.0. The topological polar surface area (TPSA) is 37.4 Å². The number of nitrogens with zero attached hydrogens (tertiary/aromatic N) is 1. The van der Waals surface area contributed by atoms with Gasteiger partial charge in [-0.05, 0) is 84.8 Å². The van der Waals surface area contributed by atoms with Crippen LogP contribution >= 0.6 is 11.6 Å². The van der Waals surface area contributed by atoms with Crippen LogP contribution in [0.25, 0.3) is 11.1 Å². The molecule has 37 heavy (non-hydrogen) atoms. The lowest BCUT2D eigenvalue weighted by Gasteiger charge is -2.25. The predicted molar refractivity (Wildman–Crippen MR) is 145 cm³/mol. The summed E-state index contributed by atoms with van der Waals surface area (Å²) in [5, 5.41) is 0.599. The van der Waals surface area contributed by atoms with Crippen LogP contribution in [0.1, 0.15) is 27.8 Å². The molecule has 0 aliphatic carbocycles. The molecule has 0 atom stereocenters. The van der Waals surface area contributed by atoms with Gasteiger partial charge in [-0.2, -0.15) is 4.31 Å². The van der Waals surface area contributed by atoms with Crippen LogP contribution in [0.4, 0.5) is 8.78 Å². The maximum atomic E-state index is 14.0. The van der Waals surface area contributed by atoms with Gasteiger partial charge in [0.05, 0.1) is 4.90 Å². The van der Waals surface area contributed by atoms with E-state index in [4.69, 9.17) is 11.6 Å². The number of sulfonamides is 1. The standard InChI is InChI=1S/C30H28ClF2NO2S/c1-20-13-21(2)30(22(3)14-20)37(35,36)34(12-11-23-5-4-6-27(31)15-23)19-24-7-9-25(10-8-24)26-16-28(32)18-29(33)17-26/h4-10,13-18H,11-12,19H2,1-3H3. The first kappa shape index (κ1) is 27.0. The Bertz CT molecular complexity index is 1490. The van der Waals surface area contributed by atoms with Crippen molar-refractivity contribution < 1.29 is 17.2 Å². The van der Waals surface area contributed by atoms with Gasteiger partial charge in [-0.1, -0.05) is 65.7 Å². The number of rotatable bonds is 8. The first-order valence-corrected chi connectivity index (χ1v) is 13.7. The van der Waals surface area contributed by atoms with Crippen molar-refractivity contribution in [3.63, 3.8) is 0 Å². The average molecular weight is 540 g/mol. The zero-order valence-corrected chi connectivity index (χ0v) is 22.5. The number of hydrogen-bond acceptors (Lipinski definition) is 2. The Morgan fingerprint density at radius 3 is 1.97 bits per heavy atom. The molecule has 7 heteroatoms. The van der Waals surface area contributed by atoms with Crippen molar-refractivity contribution in [1.82, 2.24) is 4.31 Å². The highest BCUT2D eigenvalue weighted by atomic mass is 35.5. The molecule has 4 aromatic carbocycles. The zero-order chi connectivity index (χ0) is 26.7. The third kappa shape index (κ3) is 6.45. The van der Waals surface area contributed by atoms with Crippen LogP contribution in [0.5, 0.6) is 0 Å². The summed E-state index contributed by atoms with van der Waals surface area (Å²) in [6, 6.07) is 21.6. The fraction of sp³-hybridized carbons (Fsp3) is 0.200. The van der Waals surface area contributed by atoms with E-state index in [1.165, 1.54) is 16.4 Å². The molecule has 0 heterocycles. The molecule has 0 N–H and O–H groups in total. The van der Waals surface area contributed by atoms with E-state index in [1.807, 2.05) is 51.1 Å². The molecule has 0 aromatic heterocycles. The molecular weight excluding hydrogens is 512 g/mol. The van der Waals surface area contributed by atoms with Crippen molar-refractivity contribution in [1.29, 1.82) is 0 Å². The minimum Gasteiger partial charge on any atom is -0.207 e. The van der Waals surface area contributed by atoms with Crippen LogP contribution in [0.2, 0.25) is 5.02 Å². The lowest BCUT2D eigenvalue weighted by Crippen LogP contribution is -2.33. The van der Waals surface area contributed by atoms with Crippen LogP contribution in [0.15, 0.2) is 83.8 Å². The molecule has 0 radical (unpaired) electrons. The molecular formula is C30H28ClF2NO2S. The zero-order valence-electron chi connectivity index (χ0n) is 20.9. The molecule has 0 saturated carbocycles. The minimum atomic E-state index is -3.83. The summed E-state index contributed by atoms with van der Waals surface area (Å²) in [5.41, 5.74) is 5.17. The molecule has 0 bridgehead atoms. The maximum Gasteiger partial charge on any atom is 0.243 e. The van der Waals surface area contributed by atoms with E-state index in [9.17, 15) is 17.2 Å². The Morgan fingerprint density at radius 2 is 1.38 bits per heavy atom. The van der Waals surface area contributed by atoms with Crippen molar-refractivity contribution in [3.8, 4) is 11.1 Å². The predicted octanol–water partition coefficient (Wildman–Crippen LogP) is 7.64. The molecule has 0 aliphatic rings. The Hall–Kier alpha value is -3.06. The highest BCUT2D eigenvalue weighted by molar-refractivity contribution is 7.89. The molecule has 0 spiro atoms. The lowest BCUT2D eigenvalue weighted by molar-refractivity contribution is 0.409. The molecule has 0 fully saturated rings. The van der Waals surface area contributed by atoms with Crippen LogP contribution in [-0.2, 0) is 23.0 Å². The van der Waals surface area contributed by atoms with Crippen molar-refractivity contribution in [2.75, 3.05) is 6.54 Å². The summed E-state index contributed by atoms with van der Waals surface area (Å²) in [6.45, 7) is 5.98. The van der Waals surface area contributed by atoms with Crippen LogP contribution < -0.4 is 0 Å². The van der Waals surface area contributed by atoms with Crippen molar-refractivity contribution in [3.05, 3.63) is 123 Å². The fourth-order valence-electron chi connectivity index (χ4n) is 4.66. The van der Waals surface area contributed by atoms with Gasteiger partial charge in [0.2, 0.25) is 10.0 Å². The normalized spacial score (nSPS) is 11.8. The monoisotopic (exact) mass is 539 g/mol. The van der Waals surface area contributed by atoms with Gasteiger partial charge in [-0.3, -0.25) is 0 Å². The molecule has 0 saturated heterocycles. The first-order valence-electron chi connectivity index (χ1n) is 11.9. The summed E-state index contributed by atoms with van der Waals surface area (Å²) in [5.74, 6) is -1.30. The summed E-state index contributed by atoms with van der Waals surface area (Å²) < 4.78 is 56.7. The van der Waals surface area contributed by atoms with Gasteiger partial charge in [0, 0.05) is 24.2 Å². The SMILES string of the molecule is Cc1cc(C)c(S(=O)(=O)N(CCc2cccc(Cl)c2)Cc2ccc(-c3cc(F)cc(F)c3)cc2)c(C)c1. The van der Waals surface area contributed by atoms with E-state index in [0.29, 0.717) is 38.6 Å². The van der Waals surface area contributed by atoms with E-state index in [2.05, 4.69) is 0 Å². The summed E-state index contributed by atoms with van der Waals surface area (Å²) in [6.07, 6.45) is 0.490. The smallest absolute Gasteiger partial charge is 0.207 e. The Kier molecular flexibility index (Phi) is 8.12. The van der Waals surface area contributed by atoms with Crippen molar-refractivity contribution >= 4 is 21.6 Å². The second-order valence-electron chi connectivity index (χ2n) is 9.30. The minimum absolute atomic E-state index is 0.146. The lowest BCUT2D eigenvalue weighted by atomic mass is 10.0. The Labute approximate surface area is 222 Å². The molecule has 192 valence electrons. The van der Waals surface area contributed by atoms with E-state index in [-0.39, 0.29) is 13.1 Å². The average Bonchev–Trinajstić information content (AvgIpc) is 2.80.